The van der Waals surface area contributed by atoms with E-state index in [1.807, 2.05) is 0 Å². The minimum absolute atomic E-state index is 0.0954. The van der Waals surface area contributed by atoms with Crippen molar-refractivity contribution in [3.8, 4) is 10.7 Å². The molecule has 0 saturated carbocycles. The first-order valence-corrected chi connectivity index (χ1v) is 12.0. The Morgan fingerprint density at radius 3 is 2.58 bits per heavy atom. The van der Waals surface area contributed by atoms with Gasteiger partial charge in [-0.15, -0.1) is 11.3 Å². The number of allylic oxidation sites excluding steroid dienone is 1. The third kappa shape index (κ3) is 5.98. The number of hydrogen-bond donors (Lipinski definition) is 1. The molecule has 3 heterocycles. The topological polar surface area (TPSA) is 83.4 Å². The number of aliphatic carboxylic acids is 1. The van der Waals surface area contributed by atoms with Crippen LogP contribution in [-0.2, 0) is 15.8 Å². The molecule has 12 heteroatoms. The first kappa shape index (κ1) is 25.3. The lowest BCUT2D eigenvalue weighted by Gasteiger charge is -2.14. The SMILES string of the molecule is C/C(=C1/SC(=S)N(CCCCCC(=O)O)C1=O)c1sc(-c2ccc(C(F)(F)F)cn2)nc1C. The summed E-state index contributed by atoms with van der Waals surface area (Å²) in [7, 11) is 0. The maximum absolute atomic E-state index is 13.0. The molecular formula is C21H20F3N3O3S3. The number of carbonyl (C=O) groups is 2. The maximum atomic E-state index is 13.0. The molecule has 176 valence electrons. The van der Waals surface area contributed by atoms with Gasteiger partial charge in [-0.2, -0.15) is 13.2 Å². The summed E-state index contributed by atoms with van der Waals surface area (Å²) in [5.41, 5.74) is 0.841. The van der Waals surface area contributed by atoms with E-state index in [0.29, 0.717) is 57.0 Å². The summed E-state index contributed by atoms with van der Waals surface area (Å²) in [6.07, 6.45) is -1.72. The second-order valence-corrected chi connectivity index (χ2v) is 9.99. The number of nitrogens with zero attached hydrogens (tertiary/aromatic N) is 3. The highest BCUT2D eigenvalue weighted by molar-refractivity contribution is 8.26. The minimum Gasteiger partial charge on any atom is -0.481 e. The Morgan fingerprint density at radius 1 is 1.24 bits per heavy atom. The molecule has 1 fully saturated rings. The first-order chi connectivity index (χ1) is 15.5. The summed E-state index contributed by atoms with van der Waals surface area (Å²) < 4.78 is 38.8. The van der Waals surface area contributed by atoms with Gasteiger partial charge >= 0.3 is 12.1 Å². The Hall–Kier alpha value is -2.31. The number of thiazole rings is 1. The van der Waals surface area contributed by atoms with Gasteiger partial charge in [0.05, 0.1) is 26.7 Å². The third-order valence-corrected chi connectivity index (χ3v) is 7.76. The molecule has 1 saturated heterocycles. The molecule has 33 heavy (non-hydrogen) atoms. The van der Waals surface area contributed by atoms with Gasteiger partial charge in [0.15, 0.2) is 0 Å². The molecule has 1 aliphatic rings. The van der Waals surface area contributed by atoms with Gasteiger partial charge in [-0.05, 0) is 44.4 Å². The van der Waals surface area contributed by atoms with Crippen LogP contribution in [0.3, 0.4) is 0 Å². The highest BCUT2D eigenvalue weighted by atomic mass is 32.2. The molecule has 0 unspecified atom stereocenters. The molecule has 0 aromatic carbocycles. The molecule has 1 amide bonds. The summed E-state index contributed by atoms with van der Waals surface area (Å²) in [4.78, 5) is 34.6. The molecule has 1 aliphatic heterocycles. The number of halogens is 3. The van der Waals surface area contributed by atoms with E-state index in [-0.39, 0.29) is 12.3 Å². The van der Waals surface area contributed by atoms with Crippen LogP contribution >= 0.6 is 35.3 Å². The number of carboxylic acid groups (broad SMARTS) is 1. The number of aryl methyl sites for hydroxylation is 1. The molecule has 1 N–H and O–H groups in total. The Morgan fingerprint density at radius 2 is 1.97 bits per heavy atom. The lowest BCUT2D eigenvalue weighted by molar-refractivity contribution is -0.138. The second-order valence-electron chi connectivity index (χ2n) is 7.35. The van der Waals surface area contributed by atoms with E-state index in [9.17, 15) is 22.8 Å². The minimum atomic E-state index is -4.46. The average Bonchev–Trinajstić information content (AvgIpc) is 3.26. The molecule has 2 aromatic rings. The van der Waals surface area contributed by atoms with Gasteiger partial charge in [0, 0.05) is 19.2 Å². The van der Waals surface area contributed by atoms with Gasteiger partial charge in [-0.3, -0.25) is 19.5 Å². The van der Waals surface area contributed by atoms with Crippen LogP contribution in [0.1, 0.15) is 48.7 Å². The summed E-state index contributed by atoms with van der Waals surface area (Å²) in [5, 5.41) is 9.17. The van der Waals surface area contributed by atoms with Crippen molar-refractivity contribution in [2.24, 2.45) is 0 Å². The van der Waals surface area contributed by atoms with Crippen molar-refractivity contribution >= 4 is 57.1 Å². The van der Waals surface area contributed by atoms with Crippen molar-refractivity contribution in [2.75, 3.05) is 6.54 Å². The Balaban J connectivity index is 1.76. The van der Waals surface area contributed by atoms with Crippen LogP contribution in [0.4, 0.5) is 13.2 Å². The van der Waals surface area contributed by atoms with Crippen LogP contribution in [0.25, 0.3) is 16.3 Å². The van der Waals surface area contributed by atoms with E-state index in [0.717, 1.165) is 17.1 Å². The summed E-state index contributed by atoms with van der Waals surface area (Å²) >= 11 is 7.83. The van der Waals surface area contributed by atoms with Crippen LogP contribution in [0.2, 0.25) is 0 Å². The number of hydrogen-bond acceptors (Lipinski definition) is 7. The molecule has 6 nitrogen and oxygen atoms in total. The lowest BCUT2D eigenvalue weighted by Crippen LogP contribution is -2.29. The smallest absolute Gasteiger partial charge is 0.417 e. The number of pyridine rings is 1. The van der Waals surface area contributed by atoms with Crippen LogP contribution in [0.15, 0.2) is 23.2 Å². The van der Waals surface area contributed by atoms with Gasteiger partial charge in [0.25, 0.3) is 5.91 Å². The van der Waals surface area contributed by atoms with Crippen LogP contribution in [0.5, 0.6) is 0 Å². The molecule has 0 atom stereocenters. The number of aromatic nitrogens is 2. The number of unbranched alkanes of at least 4 members (excludes halogenated alkanes) is 2. The van der Waals surface area contributed by atoms with E-state index in [1.165, 1.54) is 34.1 Å². The van der Waals surface area contributed by atoms with Crippen molar-refractivity contribution in [3.63, 3.8) is 0 Å². The molecule has 0 radical (unpaired) electrons. The Kier molecular flexibility index (Phi) is 7.91. The molecular weight excluding hydrogens is 495 g/mol. The Labute approximate surface area is 201 Å². The third-order valence-electron chi connectivity index (χ3n) is 4.91. The Bertz CT molecular complexity index is 1110. The maximum Gasteiger partial charge on any atom is 0.417 e. The molecule has 0 bridgehead atoms. The fourth-order valence-electron chi connectivity index (χ4n) is 3.19. The number of alkyl halides is 3. The lowest BCUT2D eigenvalue weighted by atomic mass is 10.1. The standard InChI is InChI=1S/C21H20F3N3O3S3/c1-11(17-19(30)27(20(31)33-17)9-5-3-4-6-15(28)29)16-12(2)26-18(32-16)14-8-7-13(10-25-14)21(22,23)24/h7-8,10H,3-6,9H2,1-2H3,(H,28,29)/b17-11-. The average molecular weight is 516 g/mol. The predicted molar refractivity (Wildman–Crippen MR) is 126 cm³/mol. The predicted octanol–water partition coefficient (Wildman–Crippen LogP) is 5.77. The van der Waals surface area contributed by atoms with E-state index < -0.39 is 17.7 Å². The summed E-state index contributed by atoms with van der Waals surface area (Å²) in [6, 6.07) is 2.25. The van der Waals surface area contributed by atoms with Crippen molar-refractivity contribution in [1.82, 2.24) is 14.9 Å². The van der Waals surface area contributed by atoms with Crippen molar-refractivity contribution < 1.29 is 27.9 Å². The molecule has 3 rings (SSSR count). The normalized spacial score (nSPS) is 16.0. The number of thiocarbonyl (C=S) groups is 1. The van der Waals surface area contributed by atoms with Gasteiger partial charge < -0.3 is 5.11 Å². The molecule has 0 spiro atoms. The molecule has 2 aromatic heterocycles. The van der Waals surface area contributed by atoms with E-state index >= 15 is 0 Å². The number of carboxylic acids is 1. The summed E-state index contributed by atoms with van der Waals surface area (Å²) in [6.45, 7) is 3.99. The van der Waals surface area contributed by atoms with Crippen LogP contribution in [-0.4, -0.2) is 42.7 Å². The van der Waals surface area contributed by atoms with Gasteiger partial charge in [-0.25, -0.2) is 4.98 Å². The number of carbonyl (C=O) groups excluding carboxylic acids is 1. The van der Waals surface area contributed by atoms with Gasteiger partial charge in [0.2, 0.25) is 0 Å². The van der Waals surface area contributed by atoms with Gasteiger partial charge in [0.1, 0.15) is 9.33 Å². The quantitative estimate of drug-likeness (QED) is 0.272. The van der Waals surface area contributed by atoms with Crippen LogP contribution < -0.4 is 0 Å². The fourth-order valence-corrected chi connectivity index (χ4v) is 5.64. The first-order valence-electron chi connectivity index (χ1n) is 9.96. The zero-order valence-corrected chi connectivity index (χ0v) is 20.2. The van der Waals surface area contributed by atoms with E-state index in [2.05, 4.69) is 9.97 Å². The number of rotatable bonds is 8. The van der Waals surface area contributed by atoms with Crippen LogP contribution in [0, 0.1) is 6.92 Å². The zero-order valence-electron chi connectivity index (χ0n) is 17.7. The van der Waals surface area contributed by atoms with Crippen molar-refractivity contribution in [3.05, 3.63) is 39.4 Å². The van der Waals surface area contributed by atoms with E-state index in [4.69, 9.17) is 17.3 Å². The highest BCUT2D eigenvalue weighted by Crippen LogP contribution is 2.40. The second kappa shape index (κ2) is 10.3. The zero-order chi connectivity index (χ0) is 24.3. The monoisotopic (exact) mass is 515 g/mol. The van der Waals surface area contributed by atoms with Crippen molar-refractivity contribution in [1.29, 1.82) is 0 Å². The fraction of sp³-hybridized carbons (Fsp3) is 0.381. The van der Waals surface area contributed by atoms with E-state index in [1.54, 1.807) is 13.8 Å². The number of amides is 1. The van der Waals surface area contributed by atoms with Crippen molar-refractivity contribution in [2.45, 2.75) is 45.7 Å². The molecule has 0 aliphatic carbocycles. The number of thioether (sulfide) groups is 1. The highest BCUT2D eigenvalue weighted by Gasteiger charge is 2.34. The largest absolute Gasteiger partial charge is 0.481 e. The summed E-state index contributed by atoms with van der Waals surface area (Å²) in [5.74, 6) is -1.05. The van der Waals surface area contributed by atoms with Gasteiger partial charge in [-0.1, -0.05) is 30.4 Å².